The topological polar surface area (TPSA) is 88.4 Å². The maximum absolute atomic E-state index is 13.0. The van der Waals surface area contributed by atoms with Gasteiger partial charge in [0.2, 0.25) is 5.91 Å². The number of anilines is 3. The molecule has 1 unspecified atom stereocenters. The van der Waals surface area contributed by atoms with E-state index in [4.69, 9.17) is 17.5 Å². The Morgan fingerprint density at radius 2 is 2.07 bits per heavy atom. The Hall–Kier alpha value is -3.18. The number of nitrogens with one attached hydrogen (secondary N) is 2. The number of benzene rings is 2. The predicted molar refractivity (Wildman–Crippen MR) is 110 cm³/mol. The molecule has 0 aliphatic carbocycles. The van der Waals surface area contributed by atoms with Crippen molar-refractivity contribution in [3.05, 3.63) is 47.8 Å². The number of nitrogens with zero attached hydrogens (tertiary/aromatic N) is 2. The third-order valence-electron chi connectivity index (χ3n) is 4.60. The Bertz CT molecular complexity index is 956. The fraction of sp³-hybridized carbons (Fsp3) is 0.250. The number of aryl methyl sites for hydroxylation is 1. The molecule has 0 saturated carbocycles. The summed E-state index contributed by atoms with van der Waals surface area (Å²) < 4.78 is 13.0. The number of phenols is 1. The van der Waals surface area contributed by atoms with Crippen LogP contribution >= 0.6 is 12.2 Å². The maximum atomic E-state index is 13.0. The number of hydrogen-bond acceptors (Lipinski definition) is 4. The van der Waals surface area contributed by atoms with E-state index in [2.05, 4.69) is 10.6 Å². The number of fused-ring (bicyclic) bond motifs is 1. The number of aromatic hydroxyl groups is 1. The lowest BCUT2D eigenvalue weighted by atomic mass is 10.0. The molecular weight excluding hydrogens is 379 g/mol. The number of carbonyl (C=O) groups excluding carboxylic acids is 1. The van der Waals surface area contributed by atoms with Gasteiger partial charge >= 0.3 is 0 Å². The van der Waals surface area contributed by atoms with Crippen LogP contribution < -0.4 is 15.5 Å². The molecule has 8 heteroatoms. The Labute approximate surface area is 167 Å². The highest BCUT2D eigenvalue weighted by molar-refractivity contribution is 7.80. The summed E-state index contributed by atoms with van der Waals surface area (Å²) in [5.74, 6) is -0.778. The normalized spacial score (nSPS) is 16.0. The summed E-state index contributed by atoms with van der Waals surface area (Å²) in [4.78, 5) is 13.9. The van der Waals surface area contributed by atoms with Gasteiger partial charge in [-0.25, -0.2) is 4.39 Å². The molecule has 144 valence electrons. The van der Waals surface area contributed by atoms with E-state index in [-0.39, 0.29) is 35.0 Å². The average molecular weight is 398 g/mol. The van der Waals surface area contributed by atoms with Crippen LogP contribution in [0.25, 0.3) is 0 Å². The summed E-state index contributed by atoms with van der Waals surface area (Å²) in [6.45, 7) is 1.76. The molecule has 0 fully saturated rings. The number of hydrogen-bond donors (Lipinski definition) is 3. The van der Waals surface area contributed by atoms with Crippen molar-refractivity contribution in [2.75, 3.05) is 22.1 Å². The second-order valence-corrected chi connectivity index (χ2v) is 7.01. The van der Waals surface area contributed by atoms with Crippen LogP contribution in [0.4, 0.5) is 21.5 Å². The molecule has 1 amide bonds. The first-order valence-corrected chi connectivity index (χ1v) is 9.17. The fourth-order valence-corrected chi connectivity index (χ4v) is 3.33. The van der Waals surface area contributed by atoms with Crippen LogP contribution in [-0.4, -0.2) is 22.7 Å². The Morgan fingerprint density at radius 1 is 1.36 bits per heavy atom. The molecule has 1 atom stereocenters. The number of carbonyl (C=O) groups is 1. The van der Waals surface area contributed by atoms with Crippen LogP contribution in [0.1, 0.15) is 18.9 Å². The summed E-state index contributed by atoms with van der Waals surface area (Å²) >= 11 is 5.26. The van der Waals surface area contributed by atoms with Gasteiger partial charge in [0.15, 0.2) is 5.11 Å². The van der Waals surface area contributed by atoms with Crippen LogP contribution in [0.3, 0.4) is 0 Å². The zero-order valence-electron chi connectivity index (χ0n) is 15.2. The van der Waals surface area contributed by atoms with Crippen molar-refractivity contribution in [3.63, 3.8) is 0 Å². The number of thiocarbonyl (C=S) groups is 1. The van der Waals surface area contributed by atoms with Gasteiger partial charge in [-0.15, -0.1) is 0 Å². The van der Waals surface area contributed by atoms with Gasteiger partial charge in [0.25, 0.3) is 0 Å². The summed E-state index contributed by atoms with van der Waals surface area (Å²) in [5.41, 5.74) is 2.37. The van der Waals surface area contributed by atoms with Crippen molar-refractivity contribution in [2.45, 2.75) is 19.8 Å². The van der Waals surface area contributed by atoms with E-state index >= 15 is 0 Å². The van der Waals surface area contributed by atoms with Gasteiger partial charge in [0, 0.05) is 17.7 Å². The standard InChI is InChI=1S/C20H19FN4O2S/c1-12-2-3-13-10-16(18(26)11-17(13)25(9-8-22)19(12)27)24-20(28)23-15-6-4-14(21)5-7-15/h4-7,10-12,26H,2-3,9H2,1H3,(H2,23,24,28). The minimum atomic E-state index is -0.349. The van der Waals surface area contributed by atoms with Crippen LogP contribution in [0.5, 0.6) is 5.75 Å². The second kappa shape index (κ2) is 8.23. The molecule has 28 heavy (non-hydrogen) atoms. The Balaban J connectivity index is 1.84. The lowest BCUT2D eigenvalue weighted by Crippen LogP contribution is -2.34. The molecule has 1 heterocycles. The Morgan fingerprint density at radius 3 is 2.75 bits per heavy atom. The zero-order valence-corrected chi connectivity index (χ0v) is 16.0. The first-order chi connectivity index (χ1) is 13.4. The lowest BCUT2D eigenvalue weighted by molar-refractivity contribution is -0.121. The maximum Gasteiger partial charge on any atom is 0.230 e. The molecule has 0 saturated heterocycles. The number of halogens is 1. The summed E-state index contributed by atoms with van der Waals surface area (Å²) in [5, 5.41) is 25.6. The van der Waals surface area contributed by atoms with E-state index in [9.17, 15) is 14.3 Å². The molecule has 6 nitrogen and oxygen atoms in total. The van der Waals surface area contributed by atoms with Crippen molar-refractivity contribution in [1.82, 2.24) is 0 Å². The molecular formula is C20H19FN4O2S. The first-order valence-electron chi connectivity index (χ1n) is 8.77. The van der Waals surface area contributed by atoms with Crippen molar-refractivity contribution in [3.8, 4) is 11.8 Å². The van der Waals surface area contributed by atoms with Crippen LogP contribution in [0.15, 0.2) is 36.4 Å². The average Bonchev–Trinajstić information content (AvgIpc) is 2.77. The largest absolute Gasteiger partial charge is 0.506 e. The minimum Gasteiger partial charge on any atom is -0.506 e. The van der Waals surface area contributed by atoms with E-state index in [1.807, 2.05) is 13.0 Å². The summed E-state index contributed by atoms with van der Waals surface area (Å²) in [7, 11) is 0. The van der Waals surface area contributed by atoms with Gasteiger partial charge < -0.3 is 15.7 Å². The number of phenolic OH excluding ortho intramolecular Hbond substituents is 1. The molecule has 3 N–H and O–H groups in total. The molecule has 2 aromatic rings. The SMILES string of the molecule is CC1CCc2cc(NC(=S)Nc3ccc(F)cc3)c(O)cc2N(CC#N)C1=O. The summed E-state index contributed by atoms with van der Waals surface area (Å²) in [6, 6.07) is 10.9. The van der Waals surface area contributed by atoms with Gasteiger partial charge in [0.1, 0.15) is 18.1 Å². The molecule has 0 radical (unpaired) electrons. The lowest BCUT2D eigenvalue weighted by Gasteiger charge is -2.23. The second-order valence-electron chi connectivity index (χ2n) is 6.61. The molecule has 1 aliphatic heterocycles. The van der Waals surface area contributed by atoms with Gasteiger partial charge in [-0.2, -0.15) is 5.26 Å². The highest BCUT2D eigenvalue weighted by Gasteiger charge is 2.28. The van der Waals surface area contributed by atoms with E-state index in [0.717, 1.165) is 5.56 Å². The zero-order chi connectivity index (χ0) is 20.3. The molecule has 3 rings (SSSR count). The van der Waals surface area contributed by atoms with Crippen molar-refractivity contribution in [1.29, 1.82) is 5.26 Å². The van der Waals surface area contributed by atoms with Crippen molar-refractivity contribution >= 4 is 40.3 Å². The number of nitriles is 1. The van der Waals surface area contributed by atoms with E-state index in [1.165, 1.54) is 23.1 Å². The van der Waals surface area contributed by atoms with Gasteiger partial charge in [0.05, 0.1) is 17.4 Å². The van der Waals surface area contributed by atoms with Gasteiger partial charge in [-0.1, -0.05) is 6.92 Å². The Kier molecular flexibility index (Phi) is 5.76. The van der Waals surface area contributed by atoms with E-state index < -0.39 is 0 Å². The van der Waals surface area contributed by atoms with Crippen molar-refractivity contribution < 1.29 is 14.3 Å². The van der Waals surface area contributed by atoms with Crippen LogP contribution in [0, 0.1) is 23.1 Å². The molecule has 0 aromatic heterocycles. The van der Waals surface area contributed by atoms with Gasteiger partial charge in [-0.3, -0.25) is 9.69 Å². The third-order valence-corrected chi connectivity index (χ3v) is 4.81. The van der Waals surface area contributed by atoms with Crippen molar-refractivity contribution in [2.24, 2.45) is 5.92 Å². The van der Waals surface area contributed by atoms with E-state index in [1.54, 1.807) is 18.2 Å². The number of amides is 1. The first kappa shape index (κ1) is 19.6. The number of rotatable bonds is 3. The van der Waals surface area contributed by atoms with Gasteiger partial charge in [-0.05, 0) is 61.0 Å². The molecule has 1 aliphatic rings. The summed E-state index contributed by atoms with van der Waals surface area (Å²) in [6.07, 6.45) is 1.29. The van der Waals surface area contributed by atoms with Crippen LogP contribution in [0.2, 0.25) is 0 Å². The fourth-order valence-electron chi connectivity index (χ4n) is 3.11. The quantitative estimate of drug-likeness (QED) is 0.414. The monoisotopic (exact) mass is 398 g/mol. The third kappa shape index (κ3) is 4.21. The van der Waals surface area contributed by atoms with E-state index in [0.29, 0.717) is 29.9 Å². The molecule has 2 aromatic carbocycles. The minimum absolute atomic E-state index is 0.0765. The highest BCUT2D eigenvalue weighted by Crippen LogP contribution is 2.37. The highest BCUT2D eigenvalue weighted by atomic mass is 32.1. The molecule has 0 spiro atoms. The molecule has 0 bridgehead atoms. The predicted octanol–water partition coefficient (Wildman–Crippen LogP) is 3.78. The van der Waals surface area contributed by atoms with Crippen LogP contribution in [-0.2, 0) is 11.2 Å². The smallest absolute Gasteiger partial charge is 0.230 e.